The van der Waals surface area contributed by atoms with Crippen molar-refractivity contribution in [2.75, 3.05) is 27.2 Å². The van der Waals surface area contributed by atoms with E-state index in [-0.39, 0.29) is 21.9 Å². The van der Waals surface area contributed by atoms with Crippen LogP contribution in [0.5, 0.6) is 5.75 Å². The number of carbonyl (C=O) groups excluding carboxylic acids is 2. The lowest BCUT2D eigenvalue weighted by Crippen LogP contribution is -2.32. The molecular formula is C22H22Cl2N2O4. The fraction of sp³-hybridized carbons (Fsp3) is 0.273. The second kappa shape index (κ2) is 9.08. The maximum Gasteiger partial charge on any atom is 0.295 e. The van der Waals surface area contributed by atoms with E-state index in [0.717, 1.165) is 6.54 Å². The van der Waals surface area contributed by atoms with Crippen molar-refractivity contribution >= 4 is 40.7 Å². The number of likely N-dealkylation sites (tertiary alicyclic amines) is 1. The topological polar surface area (TPSA) is 81.1 Å². The molecule has 1 aliphatic rings. The fourth-order valence-corrected chi connectivity index (χ4v) is 3.91. The molecule has 0 spiro atoms. The van der Waals surface area contributed by atoms with Crippen LogP contribution < -0.4 is 0 Å². The van der Waals surface area contributed by atoms with Crippen molar-refractivity contribution in [2.24, 2.45) is 0 Å². The molecule has 0 radical (unpaired) electrons. The quantitative estimate of drug-likeness (QED) is 0.395. The summed E-state index contributed by atoms with van der Waals surface area (Å²) >= 11 is 12.2. The van der Waals surface area contributed by atoms with E-state index in [1.54, 1.807) is 24.3 Å². The Hall–Kier alpha value is -2.54. The number of nitrogens with zero attached hydrogens (tertiary/aromatic N) is 2. The number of hydrogen-bond donors (Lipinski definition) is 2. The largest absolute Gasteiger partial charge is 0.507 e. The first-order valence-corrected chi connectivity index (χ1v) is 10.1. The summed E-state index contributed by atoms with van der Waals surface area (Å²) in [5.74, 6) is -2.25. The average molecular weight is 449 g/mol. The molecule has 2 aromatic rings. The smallest absolute Gasteiger partial charge is 0.295 e. The molecule has 30 heavy (non-hydrogen) atoms. The van der Waals surface area contributed by atoms with Gasteiger partial charge in [0.25, 0.3) is 11.7 Å². The molecule has 0 aliphatic carbocycles. The van der Waals surface area contributed by atoms with Crippen molar-refractivity contribution in [1.29, 1.82) is 0 Å². The number of aliphatic hydroxyl groups is 1. The average Bonchev–Trinajstić information content (AvgIpc) is 2.94. The Morgan fingerprint density at radius 3 is 2.47 bits per heavy atom. The molecule has 2 N–H and O–H groups in total. The van der Waals surface area contributed by atoms with Gasteiger partial charge >= 0.3 is 0 Å². The first-order chi connectivity index (χ1) is 14.2. The number of aromatic hydroxyl groups is 1. The lowest BCUT2D eigenvalue weighted by Gasteiger charge is -2.26. The van der Waals surface area contributed by atoms with E-state index < -0.39 is 23.5 Å². The van der Waals surface area contributed by atoms with Crippen molar-refractivity contribution in [3.05, 3.63) is 69.2 Å². The first kappa shape index (κ1) is 22.2. The molecule has 3 rings (SSSR count). The molecule has 0 saturated carbocycles. The zero-order valence-electron chi connectivity index (χ0n) is 16.6. The molecule has 2 aromatic carbocycles. The maximum absolute atomic E-state index is 12.9. The zero-order chi connectivity index (χ0) is 22.0. The van der Waals surface area contributed by atoms with Gasteiger partial charge in [0.05, 0.1) is 17.2 Å². The monoisotopic (exact) mass is 448 g/mol. The van der Waals surface area contributed by atoms with Gasteiger partial charge in [-0.2, -0.15) is 0 Å². The van der Waals surface area contributed by atoms with Crippen LogP contribution in [0, 0.1) is 0 Å². The first-order valence-electron chi connectivity index (χ1n) is 9.38. The van der Waals surface area contributed by atoms with Crippen LogP contribution in [0.2, 0.25) is 10.0 Å². The van der Waals surface area contributed by atoms with Crippen LogP contribution in [-0.2, 0) is 9.59 Å². The maximum atomic E-state index is 12.9. The Balaban J connectivity index is 2.15. The van der Waals surface area contributed by atoms with E-state index in [2.05, 4.69) is 0 Å². The predicted octanol–water partition coefficient (Wildman–Crippen LogP) is 4.07. The summed E-state index contributed by atoms with van der Waals surface area (Å²) in [6.07, 6.45) is 0.638. The Labute approximate surface area is 184 Å². The van der Waals surface area contributed by atoms with Crippen molar-refractivity contribution in [1.82, 2.24) is 9.80 Å². The Kier molecular flexibility index (Phi) is 6.71. The number of phenolic OH excluding ortho intramolecular Hbond substituents is 1. The molecular weight excluding hydrogens is 427 g/mol. The number of aliphatic hydroxyl groups excluding tert-OH is 1. The normalized spacial score (nSPS) is 18.4. The van der Waals surface area contributed by atoms with Crippen LogP contribution >= 0.6 is 23.2 Å². The minimum Gasteiger partial charge on any atom is -0.507 e. The number of ketones is 1. The minimum absolute atomic E-state index is 0.0131. The zero-order valence-corrected chi connectivity index (χ0v) is 18.1. The van der Waals surface area contributed by atoms with Crippen LogP contribution in [0.25, 0.3) is 5.76 Å². The van der Waals surface area contributed by atoms with Crippen molar-refractivity contribution < 1.29 is 19.8 Å². The highest BCUT2D eigenvalue weighted by atomic mass is 35.5. The predicted molar refractivity (Wildman–Crippen MR) is 117 cm³/mol. The van der Waals surface area contributed by atoms with Crippen molar-refractivity contribution in [3.63, 3.8) is 0 Å². The van der Waals surface area contributed by atoms with E-state index in [4.69, 9.17) is 23.2 Å². The Bertz CT molecular complexity index is 1020. The highest BCUT2D eigenvalue weighted by Gasteiger charge is 2.46. The van der Waals surface area contributed by atoms with Gasteiger partial charge in [-0.05, 0) is 63.0 Å². The summed E-state index contributed by atoms with van der Waals surface area (Å²) in [6.45, 7) is 1.04. The summed E-state index contributed by atoms with van der Waals surface area (Å²) < 4.78 is 0. The number of carbonyl (C=O) groups is 2. The highest BCUT2D eigenvalue weighted by Crippen LogP contribution is 2.41. The Morgan fingerprint density at radius 2 is 1.80 bits per heavy atom. The van der Waals surface area contributed by atoms with Gasteiger partial charge in [-0.1, -0.05) is 35.3 Å². The number of hydrogen-bond acceptors (Lipinski definition) is 5. The van der Waals surface area contributed by atoms with Crippen LogP contribution in [0.4, 0.5) is 0 Å². The second-order valence-electron chi connectivity index (χ2n) is 7.37. The van der Waals surface area contributed by atoms with Crippen LogP contribution in [0.3, 0.4) is 0 Å². The number of halogens is 2. The number of rotatable bonds is 6. The third-order valence-electron chi connectivity index (χ3n) is 4.92. The van der Waals surface area contributed by atoms with Crippen LogP contribution in [-0.4, -0.2) is 58.9 Å². The third-order valence-corrected chi connectivity index (χ3v) is 5.39. The van der Waals surface area contributed by atoms with Gasteiger partial charge in [0.2, 0.25) is 0 Å². The summed E-state index contributed by atoms with van der Waals surface area (Å²) in [5.41, 5.74) is 0.472. The van der Waals surface area contributed by atoms with E-state index in [1.165, 1.54) is 23.1 Å². The van der Waals surface area contributed by atoms with Gasteiger partial charge in [0, 0.05) is 16.6 Å². The molecule has 1 saturated heterocycles. The second-order valence-corrected chi connectivity index (χ2v) is 8.24. The third kappa shape index (κ3) is 4.46. The lowest BCUT2D eigenvalue weighted by molar-refractivity contribution is -0.139. The van der Waals surface area contributed by atoms with Gasteiger partial charge in [-0.25, -0.2) is 0 Å². The van der Waals surface area contributed by atoms with Gasteiger partial charge in [-0.3, -0.25) is 9.59 Å². The van der Waals surface area contributed by atoms with E-state index in [9.17, 15) is 19.8 Å². The molecule has 1 aliphatic heterocycles. The number of amides is 1. The number of benzene rings is 2. The molecule has 0 unspecified atom stereocenters. The number of phenols is 1. The molecule has 1 atom stereocenters. The van der Waals surface area contributed by atoms with Gasteiger partial charge in [0.15, 0.2) is 0 Å². The molecule has 1 fully saturated rings. The molecule has 8 heteroatoms. The highest BCUT2D eigenvalue weighted by molar-refractivity contribution is 6.46. The van der Waals surface area contributed by atoms with E-state index in [1.807, 2.05) is 19.0 Å². The SMILES string of the molecule is CN(C)CCCN1C(=O)C(=O)C(=C(O)c2cc(Cl)ccc2O)[C@@H]1c1cccc(Cl)c1. The van der Waals surface area contributed by atoms with Crippen molar-refractivity contribution in [2.45, 2.75) is 12.5 Å². The lowest BCUT2D eigenvalue weighted by atomic mass is 9.95. The summed E-state index contributed by atoms with van der Waals surface area (Å²) in [7, 11) is 3.84. The van der Waals surface area contributed by atoms with Crippen LogP contribution in [0.15, 0.2) is 48.0 Å². The standard InChI is InChI=1S/C22H22Cl2N2O4/c1-25(2)9-4-10-26-19(13-5-3-6-14(23)11-13)18(21(29)22(26)30)20(28)16-12-15(24)7-8-17(16)27/h3,5-8,11-12,19,27-28H,4,9-10H2,1-2H3/t19-/m0/s1. The summed E-state index contributed by atoms with van der Waals surface area (Å²) in [4.78, 5) is 29.2. The van der Waals surface area contributed by atoms with E-state index in [0.29, 0.717) is 23.6 Å². The van der Waals surface area contributed by atoms with Gasteiger partial charge < -0.3 is 20.0 Å². The summed E-state index contributed by atoms with van der Waals surface area (Å²) in [5, 5.41) is 21.9. The van der Waals surface area contributed by atoms with Crippen molar-refractivity contribution in [3.8, 4) is 5.75 Å². The van der Waals surface area contributed by atoms with Gasteiger partial charge in [-0.15, -0.1) is 0 Å². The molecule has 158 valence electrons. The van der Waals surface area contributed by atoms with E-state index >= 15 is 0 Å². The molecule has 1 heterocycles. The molecule has 0 bridgehead atoms. The van der Waals surface area contributed by atoms with Gasteiger partial charge in [0.1, 0.15) is 11.5 Å². The fourth-order valence-electron chi connectivity index (χ4n) is 3.53. The molecule has 1 amide bonds. The minimum atomic E-state index is -0.829. The Morgan fingerprint density at radius 1 is 1.10 bits per heavy atom. The summed E-state index contributed by atoms with van der Waals surface area (Å²) in [6, 6.07) is 10.1. The number of Topliss-reactive ketones (excluding diaryl/α,β-unsaturated/α-hetero) is 1. The van der Waals surface area contributed by atoms with Crippen LogP contribution in [0.1, 0.15) is 23.6 Å². The molecule has 0 aromatic heterocycles. The molecule has 6 nitrogen and oxygen atoms in total.